The number of amides is 1. The van der Waals surface area contributed by atoms with Gasteiger partial charge in [0.25, 0.3) is 0 Å². The van der Waals surface area contributed by atoms with E-state index < -0.39 is 11.7 Å². The number of nitrogens with one attached hydrogen (secondary N) is 1. The van der Waals surface area contributed by atoms with Crippen LogP contribution in [0, 0.1) is 12.7 Å². The van der Waals surface area contributed by atoms with Gasteiger partial charge in [-0.05, 0) is 37.3 Å². The van der Waals surface area contributed by atoms with Gasteiger partial charge in [0.05, 0.1) is 31.5 Å². The Morgan fingerprint density at radius 2 is 1.83 bits per heavy atom. The molecular weight excluding hydrogens is 389 g/mol. The normalized spacial score (nSPS) is 15.3. The molecule has 0 saturated heterocycles. The fraction of sp³-hybridized carbons (Fsp3) is 0.227. The van der Waals surface area contributed by atoms with Crippen LogP contribution < -0.4 is 14.8 Å². The zero-order chi connectivity index (χ0) is 21.4. The number of halogens is 1. The molecule has 30 heavy (non-hydrogen) atoms. The maximum atomic E-state index is 13.8. The van der Waals surface area contributed by atoms with Gasteiger partial charge in [0, 0.05) is 12.0 Å². The molecular formula is C22H20FN3O4. The quantitative estimate of drug-likeness (QED) is 0.651. The molecule has 0 fully saturated rings. The molecule has 1 aliphatic heterocycles. The number of nitrogens with zero attached hydrogens (tertiary/aromatic N) is 2. The second-order valence-corrected chi connectivity index (χ2v) is 6.95. The van der Waals surface area contributed by atoms with Crippen LogP contribution in [0.1, 0.15) is 34.0 Å². The van der Waals surface area contributed by atoms with Crippen molar-refractivity contribution in [2.75, 3.05) is 19.5 Å². The first kappa shape index (κ1) is 19.6. The summed E-state index contributed by atoms with van der Waals surface area (Å²) in [5, 5.41) is 7.26. The molecule has 8 heteroatoms. The molecule has 3 aromatic rings. The minimum atomic E-state index is -0.777. The van der Waals surface area contributed by atoms with Gasteiger partial charge in [-0.25, -0.2) is 9.07 Å². The summed E-state index contributed by atoms with van der Waals surface area (Å²) in [5.74, 6) is -0.746. The Morgan fingerprint density at radius 3 is 2.47 bits per heavy atom. The summed E-state index contributed by atoms with van der Waals surface area (Å²) >= 11 is 0. The van der Waals surface area contributed by atoms with Gasteiger partial charge in [-0.3, -0.25) is 9.59 Å². The lowest BCUT2D eigenvalue weighted by atomic mass is 9.85. The van der Waals surface area contributed by atoms with E-state index in [1.54, 1.807) is 37.3 Å². The van der Waals surface area contributed by atoms with Crippen molar-refractivity contribution in [2.45, 2.75) is 19.3 Å². The molecule has 0 saturated carbocycles. The molecule has 1 unspecified atom stereocenters. The summed E-state index contributed by atoms with van der Waals surface area (Å²) in [6, 6.07) is 10.9. The summed E-state index contributed by atoms with van der Waals surface area (Å²) < 4.78 is 25.9. The molecule has 2 aromatic carbocycles. The third-order valence-corrected chi connectivity index (χ3v) is 5.15. The van der Waals surface area contributed by atoms with Crippen LogP contribution in [0.2, 0.25) is 0 Å². The topological polar surface area (TPSA) is 82.4 Å². The maximum absolute atomic E-state index is 13.8. The van der Waals surface area contributed by atoms with E-state index in [9.17, 15) is 14.0 Å². The Morgan fingerprint density at radius 1 is 1.17 bits per heavy atom. The number of carbonyl (C=O) groups excluding carboxylic acids is 2. The molecule has 154 valence electrons. The molecule has 2 heterocycles. The van der Waals surface area contributed by atoms with E-state index >= 15 is 0 Å². The Labute approximate surface area is 172 Å². The van der Waals surface area contributed by atoms with Crippen molar-refractivity contribution in [3.05, 3.63) is 65.1 Å². The van der Waals surface area contributed by atoms with Crippen molar-refractivity contribution < 1.29 is 23.5 Å². The van der Waals surface area contributed by atoms with Gasteiger partial charge < -0.3 is 14.8 Å². The highest BCUT2D eigenvalue weighted by atomic mass is 19.1. The van der Waals surface area contributed by atoms with Crippen LogP contribution in [0.25, 0.3) is 5.69 Å². The van der Waals surface area contributed by atoms with Crippen molar-refractivity contribution in [1.82, 2.24) is 9.78 Å². The summed E-state index contributed by atoms with van der Waals surface area (Å²) in [7, 11) is 2.94. The zero-order valence-electron chi connectivity index (χ0n) is 16.7. The van der Waals surface area contributed by atoms with E-state index in [2.05, 4.69) is 10.4 Å². The van der Waals surface area contributed by atoms with Gasteiger partial charge in [0.1, 0.15) is 28.7 Å². The fourth-order valence-electron chi connectivity index (χ4n) is 3.83. The maximum Gasteiger partial charge on any atom is 0.226 e. The number of hydrogen-bond acceptors (Lipinski definition) is 5. The number of carbonyl (C=O) groups is 2. The van der Waals surface area contributed by atoms with E-state index in [1.165, 1.54) is 31.0 Å². The molecule has 1 N–H and O–H groups in total. The number of ketones is 1. The standard InChI is InChI=1S/C22H20FN3O4/c1-12-19-15(21(28)20-16(29-2)8-5-9-17(20)30-3)11-18(27)24-22(19)26(25-12)14-7-4-6-13(23)10-14/h4-10,15H,11H2,1-3H3,(H,24,27). The average Bonchev–Trinajstić information content (AvgIpc) is 3.08. The van der Waals surface area contributed by atoms with E-state index in [4.69, 9.17) is 9.47 Å². The van der Waals surface area contributed by atoms with Gasteiger partial charge in [0.15, 0.2) is 5.78 Å². The van der Waals surface area contributed by atoms with Crippen molar-refractivity contribution in [3.8, 4) is 17.2 Å². The van der Waals surface area contributed by atoms with E-state index in [0.717, 1.165) is 0 Å². The molecule has 0 radical (unpaired) electrons. The van der Waals surface area contributed by atoms with Gasteiger partial charge in [-0.15, -0.1) is 0 Å². The lowest BCUT2D eigenvalue weighted by Crippen LogP contribution is -2.29. The number of Topliss-reactive ketones (excluding diaryl/α,β-unsaturated/α-hetero) is 1. The largest absolute Gasteiger partial charge is 0.496 e. The molecule has 1 atom stereocenters. The van der Waals surface area contributed by atoms with E-state index in [0.29, 0.717) is 34.3 Å². The minimum absolute atomic E-state index is 0.0390. The van der Waals surface area contributed by atoms with Crippen LogP contribution in [0.3, 0.4) is 0 Å². The van der Waals surface area contributed by atoms with Crippen molar-refractivity contribution in [3.63, 3.8) is 0 Å². The number of methoxy groups -OCH3 is 2. The monoisotopic (exact) mass is 409 g/mol. The molecule has 0 bridgehead atoms. The summed E-state index contributed by atoms with van der Waals surface area (Å²) in [5.41, 5.74) is 1.88. The van der Waals surface area contributed by atoms with Crippen molar-refractivity contribution in [1.29, 1.82) is 0 Å². The second-order valence-electron chi connectivity index (χ2n) is 6.95. The second kappa shape index (κ2) is 7.62. The number of fused-ring (bicyclic) bond motifs is 1. The highest BCUT2D eigenvalue weighted by Gasteiger charge is 2.38. The minimum Gasteiger partial charge on any atom is -0.496 e. The average molecular weight is 409 g/mol. The number of benzene rings is 2. The highest BCUT2D eigenvalue weighted by molar-refractivity contribution is 6.10. The number of rotatable bonds is 5. The Kier molecular flexibility index (Phi) is 4.99. The molecule has 0 aliphatic carbocycles. The molecule has 1 aliphatic rings. The van der Waals surface area contributed by atoms with Gasteiger partial charge in [-0.1, -0.05) is 12.1 Å². The predicted octanol–water partition coefficient (Wildman–Crippen LogP) is 3.65. The highest BCUT2D eigenvalue weighted by Crippen LogP contribution is 2.41. The van der Waals surface area contributed by atoms with E-state index in [-0.39, 0.29) is 23.7 Å². The smallest absolute Gasteiger partial charge is 0.226 e. The van der Waals surface area contributed by atoms with Gasteiger partial charge >= 0.3 is 0 Å². The van der Waals surface area contributed by atoms with Crippen LogP contribution in [0.4, 0.5) is 10.2 Å². The van der Waals surface area contributed by atoms with Crippen LogP contribution in [0.15, 0.2) is 42.5 Å². The third-order valence-electron chi connectivity index (χ3n) is 5.15. The number of aryl methyl sites for hydroxylation is 1. The lowest BCUT2D eigenvalue weighted by Gasteiger charge is -2.24. The van der Waals surface area contributed by atoms with Gasteiger partial charge in [-0.2, -0.15) is 5.10 Å². The van der Waals surface area contributed by atoms with Crippen molar-refractivity contribution in [2.24, 2.45) is 0 Å². The SMILES string of the molecule is COc1cccc(OC)c1C(=O)C1CC(=O)Nc2c1c(C)nn2-c1cccc(F)c1. The molecule has 1 amide bonds. The Bertz CT molecular complexity index is 1130. The lowest BCUT2D eigenvalue weighted by molar-refractivity contribution is -0.116. The molecule has 4 rings (SSSR count). The first-order chi connectivity index (χ1) is 14.4. The predicted molar refractivity (Wildman–Crippen MR) is 108 cm³/mol. The van der Waals surface area contributed by atoms with E-state index in [1.807, 2.05) is 0 Å². The number of hydrogen-bond donors (Lipinski definition) is 1. The van der Waals surface area contributed by atoms with Crippen LogP contribution in [-0.2, 0) is 4.79 Å². The van der Waals surface area contributed by atoms with Crippen molar-refractivity contribution >= 4 is 17.5 Å². The first-order valence-electron chi connectivity index (χ1n) is 9.35. The Balaban J connectivity index is 1.86. The summed E-state index contributed by atoms with van der Waals surface area (Å²) in [6.45, 7) is 1.76. The molecule has 0 spiro atoms. The van der Waals surface area contributed by atoms with Crippen LogP contribution in [0.5, 0.6) is 11.5 Å². The third kappa shape index (κ3) is 3.20. The summed E-state index contributed by atoms with van der Waals surface area (Å²) in [4.78, 5) is 26.1. The number of aromatic nitrogens is 2. The summed E-state index contributed by atoms with van der Waals surface area (Å²) in [6.07, 6.45) is -0.0390. The molecule has 1 aromatic heterocycles. The first-order valence-corrected chi connectivity index (χ1v) is 9.35. The number of anilines is 1. The zero-order valence-corrected chi connectivity index (χ0v) is 16.7. The van der Waals surface area contributed by atoms with Gasteiger partial charge in [0.2, 0.25) is 5.91 Å². The Hall–Kier alpha value is -3.68. The fourth-order valence-corrected chi connectivity index (χ4v) is 3.83. The molecule has 7 nitrogen and oxygen atoms in total. The van der Waals surface area contributed by atoms with Crippen LogP contribution >= 0.6 is 0 Å². The number of ether oxygens (including phenoxy) is 2. The van der Waals surface area contributed by atoms with Crippen LogP contribution in [-0.4, -0.2) is 35.7 Å².